The summed E-state index contributed by atoms with van der Waals surface area (Å²) in [6, 6.07) is 7.20. The van der Waals surface area contributed by atoms with Crippen molar-refractivity contribution in [2.75, 3.05) is 27.2 Å². The maximum absolute atomic E-state index is 12.4. The molecular weight excluding hydrogens is 272 g/mol. The molecule has 0 fully saturated rings. The van der Waals surface area contributed by atoms with Gasteiger partial charge in [-0.15, -0.1) is 0 Å². The first-order valence-electron chi connectivity index (χ1n) is 7.22. The van der Waals surface area contributed by atoms with Crippen molar-refractivity contribution in [2.24, 2.45) is 0 Å². The van der Waals surface area contributed by atoms with Gasteiger partial charge in [-0.2, -0.15) is 0 Å². The van der Waals surface area contributed by atoms with E-state index in [2.05, 4.69) is 12.2 Å². The van der Waals surface area contributed by atoms with Crippen molar-refractivity contribution in [2.45, 2.75) is 37.5 Å². The topological polar surface area (TPSA) is 49.4 Å². The molecule has 1 aromatic rings. The van der Waals surface area contributed by atoms with E-state index in [0.717, 1.165) is 37.8 Å². The van der Waals surface area contributed by atoms with E-state index in [9.17, 15) is 8.42 Å². The van der Waals surface area contributed by atoms with Crippen molar-refractivity contribution >= 4 is 10.0 Å². The van der Waals surface area contributed by atoms with Crippen LogP contribution in [0.25, 0.3) is 0 Å². The average Bonchev–Trinajstić information content (AvgIpc) is 2.45. The fourth-order valence-corrected chi connectivity index (χ4v) is 3.19. The van der Waals surface area contributed by atoms with Crippen molar-refractivity contribution in [1.29, 1.82) is 0 Å². The van der Waals surface area contributed by atoms with E-state index in [1.54, 1.807) is 19.2 Å². The summed E-state index contributed by atoms with van der Waals surface area (Å²) < 4.78 is 26.2. The third-order valence-electron chi connectivity index (χ3n) is 3.37. The number of hydrogen-bond acceptors (Lipinski definition) is 3. The SMILES string of the molecule is CCCCCN(C)S(=O)(=O)c1ccc(CCNC)cc1. The summed E-state index contributed by atoms with van der Waals surface area (Å²) in [4.78, 5) is 0.379. The smallest absolute Gasteiger partial charge is 0.242 e. The molecule has 0 aliphatic heterocycles. The van der Waals surface area contributed by atoms with Crippen molar-refractivity contribution in [3.63, 3.8) is 0 Å². The van der Waals surface area contributed by atoms with Crippen LogP contribution in [0.4, 0.5) is 0 Å². The number of sulfonamides is 1. The highest BCUT2D eigenvalue weighted by atomic mass is 32.2. The zero-order valence-electron chi connectivity index (χ0n) is 12.7. The molecule has 0 unspecified atom stereocenters. The number of likely N-dealkylation sites (N-methyl/N-ethyl adjacent to an activating group) is 1. The van der Waals surface area contributed by atoms with Crippen LogP contribution < -0.4 is 5.32 Å². The van der Waals surface area contributed by atoms with Crippen molar-refractivity contribution in [1.82, 2.24) is 9.62 Å². The van der Waals surface area contributed by atoms with E-state index in [0.29, 0.717) is 11.4 Å². The number of benzene rings is 1. The molecule has 1 rings (SSSR count). The highest BCUT2D eigenvalue weighted by Crippen LogP contribution is 2.16. The van der Waals surface area contributed by atoms with Crippen LogP contribution in [-0.2, 0) is 16.4 Å². The lowest BCUT2D eigenvalue weighted by molar-refractivity contribution is 0.454. The van der Waals surface area contributed by atoms with Crippen LogP contribution in [0, 0.1) is 0 Å². The molecule has 0 saturated heterocycles. The van der Waals surface area contributed by atoms with Crippen LogP contribution in [-0.4, -0.2) is 39.9 Å². The summed E-state index contributed by atoms with van der Waals surface area (Å²) in [6.07, 6.45) is 3.96. The zero-order valence-corrected chi connectivity index (χ0v) is 13.5. The van der Waals surface area contributed by atoms with Crippen molar-refractivity contribution in [3.8, 4) is 0 Å². The fourth-order valence-electron chi connectivity index (χ4n) is 1.98. The van der Waals surface area contributed by atoms with Crippen LogP contribution in [0.1, 0.15) is 31.7 Å². The number of unbranched alkanes of at least 4 members (excludes halogenated alkanes) is 2. The van der Waals surface area contributed by atoms with E-state index >= 15 is 0 Å². The summed E-state index contributed by atoms with van der Waals surface area (Å²) >= 11 is 0. The van der Waals surface area contributed by atoms with Crippen LogP contribution in [0.2, 0.25) is 0 Å². The Morgan fingerprint density at radius 2 is 1.80 bits per heavy atom. The molecule has 0 aliphatic carbocycles. The summed E-state index contributed by atoms with van der Waals surface area (Å²) in [6.45, 7) is 3.58. The molecular formula is C15H26N2O2S. The Hall–Kier alpha value is -0.910. The first-order chi connectivity index (χ1) is 9.52. The van der Waals surface area contributed by atoms with Gasteiger partial charge in [0.15, 0.2) is 0 Å². The lowest BCUT2D eigenvalue weighted by Gasteiger charge is -2.17. The predicted octanol–water partition coefficient (Wildman–Crippen LogP) is 2.26. The van der Waals surface area contributed by atoms with Gasteiger partial charge in [-0.1, -0.05) is 31.9 Å². The Kier molecular flexibility index (Phi) is 7.19. The Morgan fingerprint density at radius 3 is 2.35 bits per heavy atom. The van der Waals surface area contributed by atoms with Gasteiger partial charge in [0.1, 0.15) is 0 Å². The number of nitrogens with zero attached hydrogens (tertiary/aromatic N) is 1. The molecule has 4 nitrogen and oxygen atoms in total. The Labute approximate surface area is 123 Å². The molecule has 0 heterocycles. The molecule has 0 saturated carbocycles. The van der Waals surface area contributed by atoms with Crippen molar-refractivity contribution < 1.29 is 8.42 Å². The van der Waals surface area contributed by atoms with Gasteiger partial charge in [0, 0.05) is 13.6 Å². The number of hydrogen-bond donors (Lipinski definition) is 1. The largest absolute Gasteiger partial charge is 0.319 e. The summed E-state index contributed by atoms with van der Waals surface area (Å²) in [5.74, 6) is 0. The number of nitrogens with one attached hydrogen (secondary N) is 1. The molecule has 20 heavy (non-hydrogen) atoms. The van der Waals surface area contributed by atoms with Crippen molar-refractivity contribution in [3.05, 3.63) is 29.8 Å². The maximum Gasteiger partial charge on any atom is 0.242 e. The molecule has 0 bridgehead atoms. The Balaban J connectivity index is 2.71. The molecule has 0 atom stereocenters. The van der Waals surface area contributed by atoms with Gasteiger partial charge >= 0.3 is 0 Å². The van der Waals surface area contributed by atoms with Gasteiger partial charge in [0.25, 0.3) is 0 Å². The third kappa shape index (κ3) is 4.89. The second kappa shape index (κ2) is 8.39. The van der Waals surface area contributed by atoms with Gasteiger partial charge < -0.3 is 5.32 Å². The van der Waals surface area contributed by atoms with Crippen LogP contribution in [0.15, 0.2) is 29.2 Å². The third-order valence-corrected chi connectivity index (χ3v) is 5.24. The molecule has 0 radical (unpaired) electrons. The molecule has 0 aromatic heterocycles. The molecule has 1 N–H and O–H groups in total. The van der Waals surface area contributed by atoms with Crippen LogP contribution in [0.5, 0.6) is 0 Å². The Bertz CT molecular complexity index is 483. The second-order valence-electron chi connectivity index (χ2n) is 5.03. The van der Waals surface area contributed by atoms with Gasteiger partial charge in [-0.3, -0.25) is 0 Å². The first kappa shape index (κ1) is 17.1. The molecule has 5 heteroatoms. The molecule has 1 aromatic carbocycles. The normalized spacial score (nSPS) is 12.0. The summed E-state index contributed by atoms with van der Waals surface area (Å²) in [5, 5.41) is 3.08. The van der Waals surface area contributed by atoms with Gasteiger partial charge in [-0.25, -0.2) is 12.7 Å². The van der Waals surface area contributed by atoms with E-state index in [1.807, 2.05) is 19.2 Å². The monoisotopic (exact) mass is 298 g/mol. The van der Waals surface area contributed by atoms with Crippen LogP contribution >= 0.6 is 0 Å². The van der Waals surface area contributed by atoms with Gasteiger partial charge in [0.05, 0.1) is 4.90 Å². The highest BCUT2D eigenvalue weighted by Gasteiger charge is 2.19. The minimum Gasteiger partial charge on any atom is -0.319 e. The Morgan fingerprint density at radius 1 is 1.15 bits per heavy atom. The van der Waals surface area contributed by atoms with Gasteiger partial charge in [0.2, 0.25) is 10.0 Å². The molecule has 114 valence electrons. The lowest BCUT2D eigenvalue weighted by atomic mass is 10.1. The van der Waals surface area contributed by atoms with E-state index in [-0.39, 0.29) is 0 Å². The molecule has 0 aliphatic rings. The highest BCUT2D eigenvalue weighted by molar-refractivity contribution is 7.89. The zero-order chi connectivity index (χ0) is 15.0. The quantitative estimate of drug-likeness (QED) is 0.711. The predicted molar refractivity (Wildman–Crippen MR) is 83.4 cm³/mol. The standard InChI is InChI=1S/C15H26N2O2S/c1-4-5-6-13-17(3)20(18,19)15-9-7-14(8-10-15)11-12-16-2/h7-10,16H,4-6,11-13H2,1-3H3. The number of rotatable bonds is 9. The minimum absolute atomic E-state index is 0.379. The fraction of sp³-hybridized carbons (Fsp3) is 0.600. The van der Waals surface area contributed by atoms with E-state index in [1.165, 1.54) is 4.31 Å². The molecule has 0 spiro atoms. The first-order valence-corrected chi connectivity index (χ1v) is 8.66. The maximum atomic E-state index is 12.4. The van der Waals surface area contributed by atoms with Crippen LogP contribution in [0.3, 0.4) is 0 Å². The lowest BCUT2D eigenvalue weighted by Crippen LogP contribution is -2.28. The second-order valence-corrected chi connectivity index (χ2v) is 7.08. The summed E-state index contributed by atoms with van der Waals surface area (Å²) in [7, 11) is 0.221. The van der Waals surface area contributed by atoms with Gasteiger partial charge in [-0.05, 0) is 44.1 Å². The molecule has 0 amide bonds. The van der Waals surface area contributed by atoms with E-state index in [4.69, 9.17) is 0 Å². The van der Waals surface area contributed by atoms with E-state index < -0.39 is 10.0 Å². The average molecular weight is 298 g/mol. The minimum atomic E-state index is -3.34. The summed E-state index contributed by atoms with van der Waals surface area (Å²) in [5.41, 5.74) is 1.15.